The van der Waals surface area contributed by atoms with Crippen molar-refractivity contribution in [3.05, 3.63) is 42.1 Å². The van der Waals surface area contributed by atoms with Gasteiger partial charge in [0.05, 0.1) is 23.7 Å². The third kappa shape index (κ3) is 2.08. The number of aromatic nitrogens is 1. The van der Waals surface area contributed by atoms with E-state index in [0.29, 0.717) is 12.1 Å². The van der Waals surface area contributed by atoms with Gasteiger partial charge in [-0.15, -0.1) is 0 Å². The molecular formula is C15H16N2O2. The minimum Gasteiger partial charge on any atom is -0.394 e. The summed E-state index contributed by atoms with van der Waals surface area (Å²) in [5, 5.41) is 10.3. The maximum atomic E-state index is 12.6. The van der Waals surface area contributed by atoms with Gasteiger partial charge in [0.25, 0.3) is 5.91 Å². The van der Waals surface area contributed by atoms with Gasteiger partial charge in [-0.1, -0.05) is 18.2 Å². The topological polar surface area (TPSA) is 53.4 Å². The molecule has 1 aliphatic rings. The molecule has 0 saturated carbocycles. The second kappa shape index (κ2) is 4.97. The predicted octanol–water partition coefficient (Wildman–Crippen LogP) is 1.83. The Kier molecular flexibility index (Phi) is 3.17. The van der Waals surface area contributed by atoms with Gasteiger partial charge in [0.15, 0.2) is 0 Å². The number of amides is 1. The van der Waals surface area contributed by atoms with Crippen molar-refractivity contribution in [2.75, 3.05) is 13.2 Å². The molecule has 1 saturated heterocycles. The molecule has 0 spiro atoms. The quantitative estimate of drug-likeness (QED) is 0.892. The van der Waals surface area contributed by atoms with Crippen LogP contribution < -0.4 is 0 Å². The zero-order valence-corrected chi connectivity index (χ0v) is 10.6. The zero-order chi connectivity index (χ0) is 13.2. The molecule has 1 aromatic carbocycles. The Bertz CT molecular complexity index is 607. The number of carbonyl (C=O) groups excluding carboxylic acids is 1. The molecule has 1 atom stereocenters. The van der Waals surface area contributed by atoms with Crippen molar-refractivity contribution in [3.8, 4) is 0 Å². The third-order valence-electron chi connectivity index (χ3n) is 3.71. The van der Waals surface area contributed by atoms with E-state index in [1.54, 1.807) is 11.1 Å². The van der Waals surface area contributed by atoms with Crippen LogP contribution in [0, 0.1) is 0 Å². The fourth-order valence-electron chi connectivity index (χ4n) is 2.72. The Morgan fingerprint density at radius 2 is 2.21 bits per heavy atom. The van der Waals surface area contributed by atoms with Crippen LogP contribution in [-0.2, 0) is 0 Å². The molecule has 1 fully saturated rings. The van der Waals surface area contributed by atoms with Crippen LogP contribution in [0.1, 0.15) is 23.2 Å². The first kappa shape index (κ1) is 12.1. The Labute approximate surface area is 111 Å². The van der Waals surface area contributed by atoms with E-state index in [2.05, 4.69) is 4.98 Å². The lowest BCUT2D eigenvalue weighted by Crippen LogP contribution is -2.37. The minimum absolute atomic E-state index is 0.0270. The summed E-state index contributed by atoms with van der Waals surface area (Å²) in [4.78, 5) is 18.7. The van der Waals surface area contributed by atoms with Gasteiger partial charge in [0, 0.05) is 18.1 Å². The maximum Gasteiger partial charge on any atom is 0.256 e. The fourth-order valence-corrected chi connectivity index (χ4v) is 2.72. The Hall–Kier alpha value is -1.94. The van der Waals surface area contributed by atoms with Gasteiger partial charge >= 0.3 is 0 Å². The highest BCUT2D eigenvalue weighted by atomic mass is 16.3. The van der Waals surface area contributed by atoms with E-state index in [1.165, 1.54) is 0 Å². The first-order chi connectivity index (χ1) is 9.31. The first-order valence-corrected chi connectivity index (χ1v) is 6.57. The van der Waals surface area contributed by atoms with E-state index < -0.39 is 0 Å². The Morgan fingerprint density at radius 3 is 3.05 bits per heavy atom. The number of fused-ring (bicyclic) bond motifs is 1. The summed E-state index contributed by atoms with van der Waals surface area (Å²) in [5.41, 5.74) is 1.36. The number of likely N-dealkylation sites (tertiary alicyclic amines) is 1. The van der Waals surface area contributed by atoms with Crippen molar-refractivity contribution in [1.29, 1.82) is 0 Å². The normalized spacial score (nSPS) is 19.0. The molecule has 0 bridgehead atoms. The molecular weight excluding hydrogens is 240 g/mol. The van der Waals surface area contributed by atoms with Crippen LogP contribution in [-0.4, -0.2) is 40.1 Å². The van der Waals surface area contributed by atoms with Crippen LogP contribution in [0.5, 0.6) is 0 Å². The Morgan fingerprint density at radius 1 is 1.37 bits per heavy atom. The standard InChI is InChI=1S/C15H16N2O2/c18-10-12-6-3-9-17(12)15(19)13-7-1-4-11-5-2-8-16-14(11)13/h1-2,4-5,7-8,12,18H,3,6,9-10H2. The Balaban J connectivity index is 2.02. The van der Waals surface area contributed by atoms with Crippen LogP contribution in [0.2, 0.25) is 0 Å². The lowest BCUT2D eigenvalue weighted by atomic mass is 10.1. The van der Waals surface area contributed by atoms with Crippen LogP contribution in [0.4, 0.5) is 0 Å². The van der Waals surface area contributed by atoms with Gasteiger partial charge in [0.2, 0.25) is 0 Å². The second-order valence-corrected chi connectivity index (χ2v) is 4.86. The number of hydrogen-bond acceptors (Lipinski definition) is 3. The minimum atomic E-state index is -0.0496. The monoisotopic (exact) mass is 256 g/mol. The highest BCUT2D eigenvalue weighted by Crippen LogP contribution is 2.23. The van der Waals surface area contributed by atoms with Crippen molar-refractivity contribution in [1.82, 2.24) is 9.88 Å². The number of hydrogen-bond donors (Lipinski definition) is 1. The number of aliphatic hydroxyl groups excluding tert-OH is 1. The summed E-state index contributed by atoms with van der Waals surface area (Å²) < 4.78 is 0. The van der Waals surface area contributed by atoms with Crippen molar-refractivity contribution in [3.63, 3.8) is 0 Å². The van der Waals surface area contributed by atoms with E-state index in [0.717, 1.165) is 23.7 Å². The van der Waals surface area contributed by atoms with E-state index in [4.69, 9.17) is 0 Å². The van der Waals surface area contributed by atoms with Gasteiger partial charge in [-0.05, 0) is 25.0 Å². The van der Waals surface area contributed by atoms with Crippen LogP contribution in [0.3, 0.4) is 0 Å². The maximum absolute atomic E-state index is 12.6. The number of para-hydroxylation sites is 1. The summed E-state index contributed by atoms with van der Waals surface area (Å²) in [6.45, 7) is 0.747. The first-order valence-electron chi connectivity index (χ1n) is 6.57. The molecule has 1 N–H and O–H groups in total. The highest BCUT2D eigenvalue weighted by Gasteiger charge is 2.29. The molecule has 19 heavy (non-hydrogen) atoms. The number of nitrogens with zero attached hydrogens (tertiary/aromatic N) is 2. The number of rotatable bonds is 2. The largest absolute Gasteiger partial charge is 0.394 e. The molecule has 0 radical (unpaired) electrons. The molecule has 1 aliphatic heterocycles. The average Bonchev–Trinajstić information content (AvgIpc) is 2.94. The van der Waals surface area contributed by atoms with E-state index in [1.807, 2.05) is 30.3 Å². The summed E-state index contributed by atoms with van der Waals surface area (Å²) in [7, 11) is 0. The summed E-state index contributed by atoms with van der Waals surface area (Å²) in [5.74, 6) is -0.0270. The highest BCUT2D eigenvalue weighted by molar-refractivity contribution is 6.05. The molecule has 1 unspecified atom stereocenters. The van der Waals surface area contributed by atoms with Gasteiger partial charge < -0.3 is 10.0 Å². The molecule has 98 valence electrons. The van der Waals surface area contributed by atoms with Crippen molar-refractivity contribution in [2.45, 2.75) is 18.9 Å². The fraction of sp³-hybridized carbons (Fsp3) is 0.333. The molecule has 4 heteroatoms. The third-order valence-corrected chi connectivity index (χ3v) is 3.71. The predicted molar refractivity (Wildman–Crippen MR) is 72.9 cm³/mol. The number of pyridine rings is 1. The summed E-state index contributed by atoms with van der Waals surface area (Å²) >= 11 is 0. The lowest BCUT2D eigenvalue weighted by Gasteiger charge is -2.23. The van der Waals surface area contributed by atoms with E-state index >= 15 is 0 Å². The van der Waals surface area contributed by atoms with Crippen LogP contribution in [0.15, 0.2) is 36.5 Å². The molecule has 2 aromatic rings. The number of aliphatic hydroxyl groups is 1. The van der Waals surface area contributed by atoms with Crippen molar-refractivity contribution in [2.24, 2.45) is 0 Å². The molecule has 1 amide bonds. The molecule has 3 rings (SSSR count). The van der Waals surface area contributed by atoms with Crippen LogP contribution >= 0.6 is 0 Å². The summed E-state index contributed by atoms with van der Waals surface area (Å²) in [6, 6.07) is 9.40. The van der Waals surface area contributed by atoms with Crippen molar-refractivity contribution < 1.29 is 9.90 Å². The lowest BCUT2D eigenvalue weighted by molar-refractivity contribution is 0.0679. The number of benzene rings is 1. The van der Waals surface area contributed by atoms with Gasteiger partial charge in [-0.3, -0.25) is 9.78 Å². The molecule has 1 aromatic heterocycles. The molecule has 4 nitrogen and oxygen atoms in total. The van der Waals surface area contributed by atoms with Crippen LogP contribution in [0.25, 0.3) is 10.9 Å². The van der Waals surface area contributed by atoms with Gasteiger partial charge in [-0.2, -0.15) is 0 Å². The van der Waals surface area contributed by atoms with Crippen molar-refractivity contribution >= 4 is 16.8 Å². The smallest absolute Gasteiger partial charge is 0.256 e. The zero-order valence-electron chi connectivity index (χ0n) is 10.6. The van der Waals surface area contributed by atoms with E-state index in [9.17, 15) is 9.90 Å². The molecule has 0 aliphatic carbocycles. The number of carbonyl (C=O) groups is 1. The molecule has 2 heterocycles. The van der Waals surface area contributed by atoms with Gasteiger partial charge in [-0.25, -0.2) is 0 Å². The van der Waals surface area contributed by atoms with E-state index in [-0.39, 0.29) is 18.6 Å². The average molecular weight is 256 g/mol. The van der Waals surface area contributed by atoms with Gasteiger partial charge in [0.1, 0.15) is 0 Å². The second-order valence-electron chi connectivity index (χ2n) is 4.86. The SMILES string of the molecule is O=C(c1cccc2cccnc12)N1CCCC1CO. The summed E-state index contributed by atoms with van der Waals surface area (Å²) in [6.07, 6.45) is 3.53.